The first-order valence-electron chi connectivity index (χ1n) is 14.0. The summed E-state index contributed by atoms with van der Waals surface area (Å²) in [5.74, 6) is -2.47. The van der Waals surface area contributed by atoms with Crippen LogP contribution in [0.2, 0.25) is 0 Å². The van der Waals surface area contributed by atoms with Crippen LogP contribution in [0.1, 0.15) is 55.3 Å². The number of aliphatic imine (C=N–C) groups is 1. The number of guanidine groups is 1. The molecule has 1 aliphatic heterocycles. The Morgan fingerprint density at radius 3 is 2.14 bits per heavy atom. The van der Waals surface area contributed by atoms with Crippen molar-refractivity contribution in [2.45, 2.75) is 44.9 Å². The van der Waals surface area contributed by atoms with Gasteiger partial charge in [0.15, 0.2) is 17.5 Å². The van der Waals surface area contributed by atoms with Crippen molar-refractivity contribution in [3.05, 3.63) is 42.0 Å². The number of rotatable bonds is 22. The molecule has 0 fully saturated rings. The molecule has 0 radical (unpaired) electrons. The number of Topliss-reactive ketones (excluding diaryl/α,β-unsaturated/α-hetero) is 2. The molecule has 0 unspecified atom stereocenters. The van der Waals surface area contributed by atoms with E-state index in [1.165, 1.54) is 12.1 Å². The van der Waals surface area contributed by atoms with E-state index in [2.05, 4.69) is 4.99 Å². The summed E-state index contributed by atoms with van der Waals surface area (Å²) < 4.78 is 16.0. The largest absolute Gasteiger partial charge is 0.426 e. The first-order chi connectivity index (χ1) is 20.6. The molecule has 0 aliphatic carbocycles. The normalized spacial score (nSPS) is 13.2. The minimum atomic E-state index is -0.610. The van der Waals surface area contributed by atoms with E-state index in [0.29, 0.717) is 44.4 Å². The van der Waals surface area contributed by atoms with Gasteiger partial charge in [-0.15, -0.1) is 0 Å². The molecule has 0 saturated heterocycles. The van der Waals surface area contributed by atoms with Crippen LogP contribution in [0.15, 0.2) is 41.4 Å². The molecule has 1 aliphatic rings. The summed E-state index contributed by atoms with van der Waals surface area (Å²) >= 11 is 0. The summed E-state index contributed by atoms with van der Waals surface area (Å²) in [7, 11) is 0. The number of imide groups is 1. The van der Waals surface area contributed by atoms with Crippen molar-refractivity contribution >= 4 is 41.2 Å². The van der Waals surface area contributed by atoms with Gasteiger partial charge in [0.25, 0.3) is 11.8 Å². The predicted molar refractivity (Wildman–Crippen MR) is 155 cm³/mol. The third-order valence-electron chi connectivity index (χ3n) is 6.35. The lowest BCUT2D eigenvalue weighted by Crippen LogP contribution is -2.32. The van der Waals surface area contributed by atoms with Gasteiger partial charge in [-0.2, -0.15) is 0 Å². The van der Waals surface area contributed by atoms with Gasteiger partial charge in [-0.3, -0.25) is 38.7 Å². The van der Waals surface area contributed by atoms with Crippen molar-refractivity contribution in [3.8, 4) is 5.75 Å². The quantitative estimate of drug-likeness (QED) is 0.0314. The lowest BCUT2D eigenvalue weighted by Gasteiger charge is -2.12. The maximum Gasteiger partial charge on any atom is 0.312 e. The second-order valence-corrected chi connectivity index (χ2v) is 9.73. The summed E-state index contributed by atoms with van der Waals surface area (Å²) in [5, 5.41) is 0. The monoisotopic (exact) mass is 601 g/mol. The molecule has 43 heavy (non-hydrogen) atoms. The van der Waals surface area contributed by atoms with Crippen molar-refractivity contribution in [3.63, 3.8) is 0 Å². The molecule has 1 heterocycles. The number of benzene rings is 1. The molecule has 0 saturated carbocycles. The zero-order valence-corrected chi connectivity index (χ0v) is 24.0. The molecule has 234 valence electrons. The Morgan fingerprint density at radius 2 is 1.49 bits per heavy atom. The molecule has 14 nitrogen and oxygen atoms in total. The Kier molecular flexibility index (Phi) is 15.3. The Balaban J connectivity index is 1.52. The fraction of sp³-hybridized carbons (Fsp3) is 0.483. The van der Waals surface area contributed by atoms with Gasteiger partial charge >= 0.3 is 5.97 Å². The van der Waals surface area contributed by atoms with E-state index in [4.69, 9.17) is 31.4 Å². The molecule has 6 N–H and O–H groups in total. The summed E-state index contributed by atoms with van der Waals surface area (Å²) in [5.41, 5.74) is 16.4. The number of nitrogens with zero attached hydrogens (tertiary/aromatic N) is 2. The fourth-order valence-electron chi connectivity index (χ4n) is 4.01. The van der Waals surface area contributed by atoms with Crippen molar-refractivity contribution in [1.29, 1.82) is 0 Å². The zero-order valence-electron chi connectivity index (χ0n) is 24.0. The van der Waals surface area contributed by atoms with E-state index in [-0.39, 0.29) is 68.9 Å². The molecular weight excluding hydrogens is 562 g/mol. The lowest BCUT2D eigenvalue weighted by molar-refractivity contribution is -0.139. The van der Waals surface area contributed by atoms with Crippen molar-refractivity contribution in [2.75, 3.05) is 39.5 Å². The predicted octanol–water partition coefficient (Wildman–Crippen LogP) is 0.408. The van der Waals surface area contributed by atoms with Gasteiger partial charge in [-0.1, -0.05) is 0 Å². The maximum absolute atomic E-state index is 12.4. The van der Waals surface area contributed by atoms with E-state index in [1.807, 2.05) is 0 Å². The molecule has 0 bridgehead atoms. The topological polar surface area (TPSA) is 224 Å². The van der Waals surface area contributed by atoms with Crippen LogP contribution in [0.25, 0.3) is 0 Å². The number of ether oxygens (including phenoxy) is 3. The van der Waals surface area contributed by atoms with Gasteiger partial charge in [0.2, 0.25) is 5.91 Å². The van der Waals surface area contributed by atoms with Crippen LogP contribution in [0, 0.1) is 5.92 Å². The highest BCUT2D eigenvalue weighted by atomic mass is 16.5. The number of carbonyl (C=O) groups excluding carboxylic acids is 6. The van der Waals surface area contributed by atoms with Crippen molar-refractivity contribution in [2.24, 2.45) is 28.1 Å². The number of primary amides is 1. The highest BCUT2D eigenvalue weighted by Crippen LogP contribution is 2.16. The number of carbonyl (C=O) groups is 6. The minimum Gasteiger partial charge on any atom is -0.426 e. The third kappa shape index (κ3) is 13.9. The van der Waals surface area contributed by atoms with E-state index >= 15 is 0 Å². The van der Waals surface area contributed by atoms with Crippen LogP contribution >= 0.6 is 0 Å². The van der Waals surface area contributed by atoms with E-state index in [0.717, 1.165) is 17.1 Å². The first-order valence-corrected chi connectivity index (χ1v) is 14.0. The number of nitrogens with two attached hydrogens (primary N) is 3. The Bertz CT molecular complexity index is 1180. The molecule has 2 rings (SSSR count). The number of esters is 1. The van der Waals surface area contributed by atoms with Crippen LogP contribution in [0.5, 0.6) is 5.75 Å². The van der Waals surface area contributed by atoms with Crippen LogP contribution in [-0.2, 0) is 33.4 Å². The molecular formula is C29H39N5O9. The van der Waals surface area contributed by atoms with Gasteiger partial charge in [-0.25, -0.2) is 0 Å². The highest BCUT2D eigenvalue weighted by molar-refractivity contribution is 6.13. The molecule has 1 atom stereocenters. The van der Waals surface area contributed by atoms with E-state index in [9.17, 15) is 28.8 Å². The Labute approximate surface area is 249 Å². The highest BCUT2D eigenvalue weighted by Gasteiger charge is 2.24. The second kappa shape index (κ2) is 18.9. The summed E-state index contributed by atoms with van der Waals surface area (Å²) in [6, 6.07) is 6.09. The van der Waals surface area contributed by atoms with Gasteiger partial charge in [0.05, 0.1) is 19.6 Å². The third-order valence-corrected chi connectivity index (χ3v) is 6.35. The smallest absolute Gasteiger partial charge is 0.312 e. The van der Waals surface area contributed by atoms with Crippen LogP contribution < -0.4 is 21.9 Å². The summed E-state index contributed by atoms with van der Waals surface area (Å²) in [6.07, 6.45) is 4.44. The van der Waals surface area contributed by atoms with Crippen LogP contribution in [0.3, 0.4) is 0 Å². The molecule has 0 spiro atoms. The van der Waals surface area contributed by atoms with Gasteiger partial charge in [0.1, 0.15) is 12.4 Å². The number of amides is 3. The Hall–Kier alpha value is -4.43. The molecule has 1 aromatic carbocycles. The van der Waals surface area contributed by atoms with E-state index < -0.39 is 29.6 Å². The SMILES string of the molecule is NC(=O)[C@H](CCCN=C(N)N)CCC(=O)COCCOCCCC(=O)c1ccc(OC(=O)CCN2C(=O)C=CC2=O)cc1. The van der Waals surface area contributed by atoms with Crippen LogP contribution in [0.4, 0.5) is 0 Å². The molecule has 1 aromatic rings. The Morgan fingerprint density at radius 1 is 0.814 bits per heavy atom. The minimum absolute atomic E-state index is 0.0177. The van der Waals surface area contributed by atoms with Crippen molar-refractivity contribution in [1.82, 2.24) is 4.90 Å². The first kappa shape index (κ1) is 34.8. The fourth-order valence-corrected chi connectivity index (χ4v) is 4.01. The number of ketones is 2. The van der Waals surface area contributed by atoms with Crippen LogP contribution in [-0.4, -0.2) is 85.6 Å². The molecule has 14 heteroatoms. The molecule has 3 amide bonds. The van der Waals surface area contributed by atoms with Crippen molar-refractivity contribution < 1.29 is 43.0 Å². The van der Waals surface area contributed by atoms with Gasteiger partial charge in [0, 0.05) is 56.2 Å². The van der Waals surface area contributed by atoms with E-state index in [1.54, 1.807) is 12.1 Å². The average molecular weight is 602 g/mol. The van der Waals surface area contributed by atoms with Gasteiger partial charge < -0.3 is 31.4 Å². The summed E-state index contributed by atoms with van der Waals surface area (Å²) in [4.78, 5) is 75.9. The zero-order chi connectivity index (χ0) is 31.6. The lowest BCUT2D eigenvalue weighted by atomic mass is 9.96. The standard InChI is InChI=1S/C29H39N5O9/c30-28(40)21(3-1-14-33-29(31)32)5-8-22(35)19-42-18-17-41-16-2-4-24(36)20-6-9-23(10-7-20)43-27(39)13-15-34-25(37)11-12-26(34)38/h6-7,9-12,21H,1-5,8,13-19H2,(H2,30,40)(H4,31,32,33)/t21-/m1/s1. The summed E-state index contributed by atoms with van der Waals surface area (Å²) in [6.45, 7) is 1.01. The number of hydrogen-bond acceptors (Lipinski definition) is 10. The second-order valence-electron chi connectivity index (χ2n) is 9.73. The maximum atomic E-state index is 12.4. The van der Waals surface area contributed by atoms with Gasteiger partial charge in [-0.05, 0) is 49.9 Å². The molecule has 0 aromatic heterocycles. The average Bonchev–Trinajstić information content (AvgIpc) is 3.29. The number of hydrogen-bond donors (Lipinski definition) is 3.